The van der Waals surface area contributed by atoms with E-state index in [9.17, 15) is 26.4 Å². The first-order valence-electron chi connectivity index (χ1n) is 10.1. The zero-order valence-corrected chi connectivity index (χ0v) is 19.3. The van der Waals surface area contributed by atoms with Gasteiger partial charge in [0.1, 0.15) is 5.70 Å². The van der Waals surface area contributed by atoms with Crippen LogP contribution in [0.15, 0.2) is 58.6 Å². The van der Waals surface area contributed by atoms with Gasteiger partial charge in [0.2, 0.25) is 0 Å². The Morgan fingerprint density at radius 1 is 1.09 bits per heavy atom. The molecule has 3 rings (SSSR count). The monoisotopic (exact) mass is 497 g/mol. The van der Waals surface area contributed by atoms with Crippen LogP contribution in [-0.2, 0) is 21.2 Å². The molecule has 0 aliphatic carbocycles. The molecular weight excluding hydrogens is 475 g/mol. The molecule has 1 heterocycles. The molecule has 1 aliphatic heterocycles. The van der Waals surface area contributed by atoms with E-state index in [1.807, 2.05) is 0 Å². The van der Waals surface area contributed by atoms with Crippen LogP contribution in [0, 0.1) is 0 Å². The number of halogens is 3. The van der Waals surface area contributed by atoms with Crippen LogP contribution in [0.1, 0.15) is 24.5 Å². The van der Waals surface area contributed by atoms with E-state index in [0.29, 0.717) is 23.5 Å². The highest BCUT2D eigenvalue weighted by molar-refractivity contribution is 7.88. The molecule has 2 aromatic carbocycles. The lowest BCUT2D eigenvalue weighted by Crippen LogP contribution is -2.38. The molecule has 182 valence electrons. The minimum absolute atomic E-state index is 0.0394. The first-order valence-corrected chi connectivity index (χ1v) is 11.4. The lowest BCUT2D eigenvalue weighted by atomic mass is 10.1. The number of rotatable bonds is 7. The van der Waals surface area contributed by atoms with Gasteiger partial charge in [-0.15, -0.1) is 4.40 Å². The fourth-order valence-corrected chi connectivity index (χ4v) is 4.55. The number of amides is 1. The molecular formula is C22H22F3N3O5S. The summed E-state index contributed by atoms with van der Waals surface area (Å²) in [4.78, 5) is 13.0. The average Bonchev–Trinajstić information content (AvgIpc) is 2.79. The van der Waals surface area contributed by atoms with Crippen LogP contribution < -0.4 is 14.8 Å². The molecule has 0 saturated heterocycles. The molecule has 1 N–H and O–H groups in total. The van der Waals surface area contributed by atoms with Gasteiger partial charge in [0.25, 0.3) is 5.91 Å². The van der Waals surface area contributed by atoms with E-state index in [0.717, 1.165) is 22.5 Å². The van der Waals surface area contributed by atoms with Gasteiger partial charge in [0.05, 0.1) is 25.5 Å². The first-order chi connectivity index (χ1) is 16.0. The Morgan fingerprint density at radius 3 is 2.41 bits per heavy atom. The van der Waals surface area contributed by atoms with Gasteiger partial charge in [0.15, 0.2) is 11.5 Å². The fourth-order valence-electron chi connectivity index (χ4n) is 3.24. The van der Waals surface area contributed by atoms with E-state index >= 15 is 0 Å². The maximum Gasteiger partial charge on any atom is 0.416 e. The van der Waals surface area contributed by atoms with E-state index in [-0.39, 0.29) is 23.6 Å². The number of hydrogen-bond donors (Lipinski definition) is 1. The van der Waals surface area contributed by atoms with Crippen molar-refractivity contribution in [2.75, 3.05) is 26.1 Å². The van der Waals surface area contributed by atoms with Crippen molar-refractivity contribution in [1.82, 2.24) is 4.31 Å². The van der Waals surface area contributed by atoms with Gasteiger partial charge in [-0.05, 0) is 48.9 Å². The minimum atomic E-state index is -4.60. The topological polar surface area (TPSA) is 97.3 Å². The van der Waals surface area contributed by atoms with Gasteiger partial charge in [-0.2, -0.15) is 21.6 Å². The van der Waals surface area contributed by atoms with E-state index < -0.39 is 27.9 Å². The number of hydrogen-bond acceptors (Lipinski definition) is 5. The molecule has 0 atom stereocenters. The number of nitrogens with one attached hydrogen (secondary N) is 1. The van der Waals surface area contributed by atoms with Gasteiger partial charge in [-0.3, -0.25) is 4.79 Å². The molecule has 34 heavy (non-hydrogen) atoms. The summed E-state index contributed by atoms with van der Waals surface area (Å²) in [5.74, 6) is -0.173. The Kier molecular flexibility index (Phi) is 7.20. The van der Waals surface area contributed by atoms with Crippen LogP contribution in [0.2, 0.25) is 0 Å². The molecule has 2 aromatic rings. The van der Waals surface area contributed by atoms with Gasteiger partial charge >= 0.3 is 16.4 Å². The second-order valence-corrected chi connectivity index (χ2v) is 8.68. The quantitative estimate of drug-likeness (QED) is 0.624. The summed E-state index contributed by atoms with van der Waals surface area (Å²) in [5.41, 5.74) is -1.07. The number of methoxy groups -OCH3 is 2. The Bertz CT molecular complexity index is 1260. The first kappa shape index (κ1) is 25.1. The minimum Gasteiger partial charge on any atom is -0.493 e. The van der Waals surface area contributed by atoms with Gasteiger partial charge in [-0.1, -0.05) is 13.0 Å². The Hall–Kier alpha value is -3.54. The third-order valence-corrected chi connectivity index (χ3v) is 6.18. The van der Waals surface area contributed by atoms with Crippen molar-refractivity contribution in [1.29, 1.82) is 0 Å². The van der Waals surface area contributed by atoms with E-state index in [4.69, 9.17) is 9.47 Å². The van der Waals surface area contributed by atoms with Crippen LogP contribution in [0.25, 0.3) is 0 Å². The van der Waals surface area contributed by atoms with Gasteiger partial charge in [-0.25, -0.2) is 4.31 Å². The Morgan fingerprint density at radius 2 is 1.79 bits per heavy atom. The zero-order chi connectivity index (χ0) is 25.1. The van der Waals surface area contributed by atoms with E-state index in [1.165, 1.54) is 32.4 Å². The summed E-state index contributed by atoms with van der Waals surface area (Å²) in [6.07, 6.45) is -2.97. The summed E-state index contributed by atoms with van der Waals surface area (Å²) < 4.78 is 79.9. The molecule has 1 amide bonds. The molecule has 0 spiro atoms. The van der Waals surface area contributed by atoms with Crippen LogP contribution in [0.3, 0.4) is 0 Å². The molecule has 0 radical (unpaired) electrons. The number of anilines is 1. The van der Waals surface area contributed by atoms with Crippen molar-refractivity contribution < 1.29 is 35.9 Å². The number of carbonyl (C=O) groups excluding carboxylic acids is 1. The number of ether oxygens (including phenoxy) is 2. The highest BCUT2D eigenvalue weighted by Gasteiger charge is 2.34. The van der Waals surface area contributed by atoms with E-state index in [1.54, 1.807) is 19.1 Å². The smallest absolute Gasteiger partial charge is 0.416 e. The highest BCUT2D eigenvalue weighted by atomic mass is 32.2. The third-order valence-electron chi connectivity index (χ3n) is 4.82. The highest BCUT2D eigenvalue weighted by Crippen LogP contribution is 2.32. The maximum absolute atomic E-state index is 13.0. The van der Waals surface area contributed by atoms with Crippen LogP contribution in [0.5, 0.6) is 11.5 Å². The van der Waals surface area contributed by atoms with Crippen molar-refractivity contribution in [2.24, 2.45) is 4.40 Å². The predicted molar refractivity (Wildman–Crippen MR) is 120 cm³/mol. The average molecular weight is 497 g/mol. The molecule has 0 fully saturated rings. The number of nitrogens with zero attached hydrogens (tertiary/aromatic N) is 2. The third kappa shape index (κ3) is 5.33. The number of benzene rings is 2. The number of carbonyl (C=O) groups is 1. The standard InChI is InChI=1S/C22H22F3N3O5S/c1-4-10-28-18(21(29)26-16-7-5-6-15(12-16)22(23,24)25)13-17(27-34(28,30)31)14-8-9-19(32-2)20(11-14)33-3/h5-9,11-13H,4,10H2,1-3H3,(H,26,29). The SMILES string of the molecule is CCCN1C(C(=O)Nc2cccc(C(F)(F)F)c2)=CC(c2ccc(OC)c(OC)c2)=NS1(=O)=O. The lowest BCUT2D eigenvalue weighted by molar-refractivity contribution is -0.137. The summed E-state index contributed by atoms with van der Waals surface area (Å²) in [6, 6.07) is 8.65. The number of alkyl halides is 3. The second-order valence-electron chi connectivity index (χ2n) is 7.16. The van der Waals surface area contributed by atoms with Crippen molar-refractivity contribution in [3.05, 3.63) is 65.4 Å². The Balaban J connectivity index is 2.03. The predicted octanol–water partition coefficient (Wildman–Crippen LogP) is 4.00. The second kappa shape index (κ2) is 9.75. The van der Waals surface area contributed by atoms with Crippen molar-refractivity contribution in [2.45, 2.75) is 19.5 Å². The van der Waals surface area contributed by atoms with E-state index in [2.05, 4.69) is 9.71 Å². The molecule has 0 aromatic heterocycles. The van der Waals surface area contributed by atoms with Crippen molar-refractivity contribution >= 4 is 27.5 Å². The van der Waals surface area contributed by atoms with Gasteiger partial charge < -0.3 is 14.8 Å². The van der Waals surface area contributed by atoms with Crippen LogP contribution in [-0.4, -0.2) is 45.1 Å². The molecule has 8 nitrogen and oxygen atoms in total. The van der Waals surface area contributed by atoms with Crippen molar-refractivity contribution in [3.63, 3.8) is 0 Å². The van der Waals surface area contributed by atoms with Gasteiger partial charge in [0, 0.05) is 17.8 Å². The molecule has 0 saturated carbocycles. The number of allylic oxidation sites excluding steroid dienone is 1. The Labute approximate surface area is 194 Å². The fraction of sp³-hybridized carbons (Fsp3) is 0.273. The molecule has 12 heteroatoms. The van der Waals surface area contributed by atoms with Crippen LogP contribution >= 0.6 is 0 Å². The summed E-state index contributed by atoms with van der Waals surface area (Å²) in [5, 5.41) is 2.35. The van der Waals surface area contributed by atoms with Crippen molar-refractivity contribution in [3.8, 4) is 11.5 Å². The molecule has 0 unspecified atom stereocenters. The maximum atomic E-state index is 13.0. The summed E-state index contributed by atoms with van der Waals surface area (Å²) >= 11 is 0. The largest absolute Gasteiger partial charge is 0.493 e. The molecule has 1 aliphatic rings. The lowest BCUT2D eigenvalue weighted by Gasteiger charge is -2.27. The summed E-state index contributed by atoms with van der Waals surface area (Å²) in [6.45, 7) is 1.66. The normalized spacial score (nSPS) is 15.3. The summed E-state index contributed by atoms with van der Waals surface area (Å²) in [7, 11) is -1.44. The van der Waals surface area contributed by atoms with Crippen LogP contribution in [0.4, 0.5) is 18.9 Å². The molecule has 0 bridgehead atoms. The zero-order valence-electron chi connectivity index (χ0n) is 18.5.